The summed E-state index contributed by atoms with van der Waals surface area (Å²) in [6.07, 6.45) is 3.93. The Morgan fingerprint density at radius 2 is 2.03 bits per heavy atom. The Morgan fingerprint density at radius 1 is 1.34 bits per heavy atom. The van der Waals surface area contributed by atoms with Crippen molar-refractivity contribution in [3.63, 3.8) is 0 Å². The van der Waals surface area contributed by atoms with E-state index in [9.17, 15) is 13.2 Å². The summed E-state index contributed by atoms with van der Waals surface area (Å²) in [5.74, 6) is 5.69. The van der Waals surface area contributed by atoms with Crippen molar-refractivity contribution in [2.24, 2.45) is 5.41 Å². The zero-order chi connectivity index (χ0) is 23.7. The van der Waals surface area contributed by atoms with Gasteiger partial charge in [-0.15, -0.1) is 0 Å². The van der Waals surface area contributed by atoms with E-state index in [0.717, 1.165) is 19.1 Å². The van der Waals surface area contributed by atoms with Gasteiger partial charge in [-0.1, -0.05) is 24.0 Å². The second-order valence-corrected chi connectivity index (χ2v) is 12.0. The van der Waals surface area contributed by atoms with Crippen LogP contribution >= 0.6 is 0 Å². The number of sulfonamides is 1. The molecule has 2 fully saturated rings. The maximum Gasteiger partial charge on any atom is 0.410 e. The van der Waals surface area contributed by atoms with Crippen molar-refractivity contribution >= 4 is 16.1 Å². The van der Waals surface area contributed by atoms with E-state index in [-0.39, 0.29) is 11.8 Å². The van der Waals surface area contributed by atoms with Crippen LogP contribution in [0.4, 0.5) is 9.18 Å². The minimum absolute atomic E-state index is 0.0240. The summed E-state index contributed by atoms with van der Waals surface area (Å²) in [5.41, 5.74) is 0.00361. The first kappa shape index (κ1) is 24.5. The number of benzene rings is 1. The number of ether oxygens (including phenoxy) is 1. The molecule has 1 N–H and O–H groups in total. The molecule has 2 unspecified atom stereocenters. The van der Waals surface area contributed by atoms with Crippen molar-refractivity contribution in [2.45, 2.75) is 77.5 Å². The fraction of sp³-hybridized carbons (Fsp3) is 0.625. The number of nitrogens with one attached hydrogen (secondary N) is 1. The molecule has 1 aromatic rings. The highest BCUT2D eigenvalue weighted by Crippen LogP contribution is 2.44. The van der Waals surface area contributed by atoms with Gasteiger partial charge in [0.25, 0.3) is 0 Å². The molecular formula is C24H33FN2O4S. The van der Waals surface area contributed by atoms with Crippen LogP contribution in [0, 0.1) is 23.1 Å². The van der Waals surface area contributed by atoms with Crippen LogP contribution in [0.5, 0.6) is 0 Å². The number of rotatable bonds is 4. The number of halogens is 1. The van der Waals surface area contributed by atoms with Crippen LogP contribution in [0.2, 0.25) is 0 Å². The highest BCUT2D eigenvalue weighted by atomic mass is 32.2. The Kier molecular flexibility index (Phi) is 6.92. The van der Waals surface area contributed by atoms with Gasteiger partial charge in [0.2, 0.25) is 10.0 Å². The van der Waals surface area contributed by atoms with Crippen LogP contribution in [0.15, 0.2) is 18.2 Å². The second kappa shape index (κ2) is 9.03. The van der Waals surface area contributed by atoms with Gasteiger partial charge < -0.3 is 9.64 Å². The Bertz CT molecular complexity index is 1030. The molecule has 8 heteroatoms. The molecule has 1 saturated carbocycles. The van der Waals surface area contributed by atoms with Crippen molar-refractivity contribution in [3.05, 3.63) is 35.1 Å². The lowest BCUT2D eigenvalue weighted by Crippen LogP contribution is -2.58. The van der Waals surface area contributed by atoms with Gasteiger partial charge in [-0.3, -0.25) is 0 Å². The lowest BCUT2D eigenvalue weighted by molar-refractivity contribution is 0.00581. The molecule has 0 aromatic heterocycles. The molecule has 0 spiro atoms. The molecule has 0 radical (unpaired) electrons. The fourth-order valence-corrected chi connectivity index (χ4v) is 4.68. The first-order chi connectivity index (χ1) is 14.8. The van der Waals surface area contributed by atoms with Crippen LogP contribution in [-0.4, -0.2) is 49.9 Å². The first-order valence-electron chi connectivity index (χ1n) is 11.0. The summed E-state index contributed by atoms with van der Waals surface area (Å²) in [7, 11) is -3.51. The first-order valence-corrected chi connectivity index (χ1v) is 12.9. The van der Waals surface area contributed by atoms with Gasteiger partial charge in [0.1, 0.15) is 11.4 Å². The van der Waals surface area contributed by atoms with Gasteiger partial charge in [0.05, 0.1) is 17.9 Å². The second-order valence-electron chi connectivity index (χ2n) is 10.2. The predicted octanol–water partition coefficient (Wildman–Crippen LogP) is 3.84. The molecule has 0 bridgehead atoms. The number of likely N-dealkylation sites (tertiary alicyclic amines) is 1. The van der Waals surface area contributed by atoms with Crippen LogP contribution in [0.25, 0.3) is 0 Å². The predicted molar refractivity (Wildman–Crippen MR) is 122 cm³/mol. The Hall–Kier alpha value is -2.11. The lowest BCUT2D eigenvalue weighted by Gasteiger charge is -2.41. The van der Waals surface area contributed by atoms with Crippen molar-refractivity contribution in [1.82, 2.24) is 9.62 Å². The maximum atomic E-state index is 15.3. The molecule has 1 aromatic carbocycles. The zero-order valence-corrected chi connectivity index (χ0v) is 20.3. The molecule has 3 rings (SSSR count). The molecule has 1 heterocycles. The van der Waals surface area contributed by atoms with Crippen molar-refractivity contribution in [3.8, 4) is 11.8 Å². The van der Waals surface area contributed by atoms with Crippen molar-refractivity contribution < 1.29 is 22.3 Å². The van der Waals surface area contributed by atoms with E-state index >= 15 is 4.39 Å². The summed E-state index contributed by atoms with van der Waals surface area (Å²) in [4.78, 5) is 14.4. The normalized spacial score (nSPS) is 22.6. The third-order valence-corrected chi connectivity index (χ3v) is 6.51. The van der Waals surface area contributed by atoms with E-state index < -0.39 is 39.6 Å². The molecule has 1 aliphatic heterocycles. The SMILES string of the molecule is CC1(C#Cc2cccc(CC3C(NS(C)(=O)=O)CCCN3C(=O)OC(C)(C)C)c2F)CC1. The van der Waals surface area contributed by atoms with Crippen molar-refractivity contribution in [2.75, 3.05) is 12.8 Å². The molecule has 176 valence electrons. The number of nitrogens with zero attached hydrogens (tertiary/aromatic N) is 1. The van der Waals surface area contributed by atoms with E-state index in [2.05, 4.69) is 23.5 Å². The number of hydrogen-bond donors (Lipinski definition) is 1. The van der Waals surface area contributed by atoms with E-state index in [1.165, 1.54) is 4.90 Å². The Morgan fingerprint density at radius 3 is 2.62 bits per heavy atom. The zero-order valence-electron chi connectivity index (χ0n) is 19.5. The largest absolute Gasteiger partial charge is 0.444 e. The number of carbonyl (C=O) groups excluding carboxylic acids is 1. The van der Waals surface area contributed by atoms with E-state index in [0.29, 0.717) is 30.5 Å². The Balaban J connectivity index is 1.91. The van der Waals surface area contributed by atoms with Crippen LogP contribution in [-0.2, 0) is 21.2 Å². The lowest BCUT2D eigenvalue weighted by atomic mass is 9.91. The highest BCUT2D eigenvalue weighted by molar-refractivity contribution is 7.88. The molecule has 2 aliphatic rings. The number of piperidine rings is 1. The molecule has 1 amide bonds. The number of carbonyl (C=O) groups is 1. The van der Waals surface area contributed by atoms with E-state index in [4.69, 9.17) is 4.74 Å². The quantitative estimate of drug-likeness (QED) is 0.687. The van der Waals surface area contributed by atoms with E-state index in [1.807, 2.05) is 0 Å². The number of amides is 1. The van der Waals surface area contributed by atoms with E-state index in [1.54, 1.807) is 39.0 Å². The summed E-state index contributed by atoms with van der Waals surface area (Å²) in [5, 5.41) is 0. The highest BCUT2D eigenvalue weighted by Gasteiger charge is 2.38. The van der Waals surface area contributed by atoms with Gasteiger partial charge in [-0.25, -0.2) is 22.3 Å². The molecule has 1 aliphatic carbocycles. The van der Waals surface area contributed by atoms with Gasteiger partial charge >= 0.3 is 6.09 Å². The minimum atomic E-state index is -3.51. The third-order valence-electron chi connectivity index (χ3n) is 5.78. The topological polar surface area (TPSA) is 75.7 Å². The molecular weight excluding hydrogens is 431 g/mol. The maximum absolute atomic E-state index is 15.3. The number of hydrogen-bond acceptors (Lipinski definition) is 4. The van der Waals surface area contributed by atoms with Crippen LogP contribution < -0.4 is 4.72 Å². The third kappa shape index (κ3) is 6.69. The molecule has 6 nitrogen and oxygen atoms in total. The summed E-state index contributed by atoms with van der Waals surface area (Å²) in [6, 6.07) is 3.95. The van der Waals surface area contributed by atoms with Gasteiger partial charge in [-0.2, -0.15) is 0 Å². The monoisotopic (exact) mass is 464 g/mol. The van der Waals surface area contributed by atoms with Crippen LogP contribution in [0.3, 0.4) is 0 Å². The minimum Gasteiger partial charge on any atom is -0.444 e. The summed E-state index contributed by atoms with van der Waals surface area (Å²) >= 11 is 0. The smallest absolute Gasteiger partial charge is 0.410 e. The summed E-state index contributed by atoms with van der Waals surface area (Å²) < 4.78 is 47.4. The van der Waals surface area contributed by atoms with Gasteiger partial charge in [0.15, 0.2) is 0 Å². The average Bonchev–Trinajstić information content (AvgIpc) is 3.38. The van der Waals surface area contributed by atoms with Gasteiger partial charge in [0, 0.05) is 18.0 Å². The van der Waals surface area contributed by atoms with Gasteiger partial charge in [-0.05, 0) is 71.4 Å². The average molecular weight is 465 g/mol. The molecule has 32 heavy (non-hydrogen) atoms. The summed E-state index contributed by atoms with van der Waals surface area (Å²) in [6.45, 7) is 7.81. The molecule has 2 atom stereocenters. The van der Waals surface area contributed by atoms with Crippen molar-refractivity contribution in [1.29, 1.82) is 0 Å². The standard InChI is InChI=1S/C24H33FN2O4S/c1-23(2,3)31-22(28)27-15-7-10-19(26-32(5,29)30)20(27)16-18-9-6-8-17(21(18)25)11-12-24(4)13-14-24/h6,8-9,19-20,26H,7,10,13-16H2,1-5H3. The molecule has 1 saturated heterocycles. The van der Waals surface area contributed by atoms with Crippen LogP contribution in [0.1, 0.15) is 64.5 Å². The Labute approximate surface area is 190 Å². The fourth-order valence-electron chi connectivity index (χ4n) is 3.86.